The Morgan fingerprint density at radius 3 is 2.46 bits per heavy atom. The Morgan fingerprint density at radius 1 is 1.10 bits per heavy atom. The van der Waals surface area contributed by atoms with Crippen LogP contribution in [-0.2, 0) is 22.6 Å². The minimum Gasteiger partial charge on any atom is -0.381 e. The molecule has 3 aromatic rings. The fourth-order valence-electron chi connectivity index (χ4n) is 4.66. The molecule has 0 spiro atoms. The first-order valence-corrected chi connectivity index (χ1v) is 14.6. The zero-order valence-electron chi connectivity index (χ0n) is 22.5. The summed E-state index contributed by atoms with van der Waals surface area (Å²) >= 11 is 2.83. The topological polar surface area (TPSA) is 112 Å². The largest absolute Gasteiger partial charge is 0.381 e. The van der Waals surface area contributed by atoms with Crippen molar-refractivity contribution < 1.29 is 19.5 Å². The van der Waals surface area contributed by atoms with Crippen molar-refractivity contribution in [3.8, 4) is 0 Å². The van der Waals surface area contributed by atoms with Crippen molar-refractivity contribution in [1.82, 2.24) is 20.5 Å². The summed E-state index contributed by atoms with van der Waals surface area (Å²) in [4.78, 5) is 45.8. The number of hydrogen-bond acceptors (Lipinski definition) is 7. The van der Waals surface area contributed by atoms with Crippen LogP contribution in [-0.4, -0.2) is 61.5 Å². The van der Waals surface area contributed by atoms with Crippen molar-refractivity contribution in [2.75, 3.05) is 5.88 Å². The second-order valence-electron chi connectivity index (χ2n) is 10.2. The van der Waals surface area contributed by atoms with Crippen LogP contribution in [0.25, 0.3) is 0 Å². The Bertz CT molecular complexity index is 1330. The molecule has 0 aliphatic carbocycles. The molecule has 3 atom stereocenters. The number of carbonyl (C=O) groups excluding carboxylic acids is 3. The highest BCUT2D eigenvalue weighted by molar-refractivity contribution is 8.00. The lowest BCUT2D eigenvalue weighted by Crippen LogP contribution is -2.58. The van der Waals surface area contributed by atoms with Crippen LogP contribution in [0.15, 0.2) is 60.0 Å². The van der Waals surface area contributed by atoms with Gasteiger partial charge in [-0.25, -0.2) is 4.98 Å². The number of amides is 3. The van der Waals surface area contributed by atoms with Crippen LogP contribution in [0.4, 0.5) is 0 Å². The lowest BCUT2D eigenvalue weighted by Gasteiger charge is -2.33. The smallest absolute Gasteiger partial charge is 0.271 e. The molecule has 0 saturated carbocycles. The summed E-state index contributed by atoms with van der Waals surface area (Å²) in [6, 6.07) is 15.4. The maximum Gasteiger partial charge on any atom is 0.271 e. The van der Waals surface area contributed by atoms with Crippen LogP contribution in [0, 0.1) is 13.8 Å². The Balaban J connectivity index is 1.53. The molecule has 1 aromatic heterocycles. The van der Waals surface area contributed by atoms with Gasteiger partial charge in [0.25, 0.3) is 11.8 Å². The second kappa shape index (κ2) is 12.3. The molecule has 0 radical (unpaired) electrons. The number of thiazole rings is 1. The summed E-state index contributed by atoms with van der Waals surface area (Å²) in [6.45, 7) is 7.97. The second-order valence-corrected chi connectivity index (χ2v) is 12.9. The van der Waals surface area contributed by atoms with E-state index in [4.69, 9.17) is 0 Å². The minimum atomic E-state index is -1.56. The van der Waals surface area contributed by atoms with Gasteiger partial charge in [0.15, 0.2) is 6.10 Å². The van der Waals surface area contributed by atoms with Crippen LogP contribution >= 0.6 is 23.1 Å². The summed E-state index contributed by atoms with van der Waals surface area (Å²) in [6.07, 6.45) is -1.33. The number of benzene rings is 2. The molecule has 3 N–H and O–H groups in total. The van der Waals surface area contributed by atoms with Crippen molar-refractivity contribution in [2.45, 2.75) is 63.6 Å². The number of aryl methyl sites for hydroxylation is 2. The van der Waals surface area contributed by atoms with Gasteiger partial charge in [0, 0.05) is 16.7 Å². The maximum absolute atomic E-state index is 13.7. The van der Waals surface area contributed by atoms with E-state index in [2.05, 4.69) is 15.6 Å². The third-order valence-corrected chi connectivity index (χ3v) is 9.04. The van der Waals surface area contributed by atoms with Gasteiger partial charge in [-0.2, -0.15) is 0 Å². The molecule has 10 heteroatoms. The average molecular weight is 567 g/mol. The van der Waals surface area contributed by atoms with E-state index in [1.165, 1.54) is 28.0 Å². The third kappa shape index (κ3) is 6.87. The molecule has 0 bridgehead atoms. The van der Waals surface area contributed by atoms with Crippen LogP contribution in [0.5, 0.6) is 0 Å². The summed E-state index contributed by atoms with van der Waals surface area (Å²) in [5, 5.41) is 19.5. The van der Waals surface area contributed by atoms with Gasteiger partial charge in [0.2, 0.25) is 5.91 Å². The minimum absolute atomic E-state index is 0.233. The molecule has 3 unspecified atom stereocenters. The Kier molecular flexibility index (Phi) is 9.09. The molecular formula is C29H34N4O4S2. The molecule has 206 valence electrons. The van der Waals surface area contributed by atoms with Gasteiger partial charge in [-0.1, -0.05) is 54.6 Å². The van der Waals surface area contributed by atoms with Gasteiger partial charge in [0.1, 0.15) is 11.7 Å². The Hall–Kier alpha value is -3.21. The lowest BCUT2D eigenvalue weighted by atomic mass is 9.97. The molecule has 1 fully saturated rings. The van der Waals surface area contributed by atoms with E-state index in [9.17, 15) is 19.5 Å². The van der Waals surface area contributed by atoms with Crippen LogP contribution in [0.1, 0.15) is 46.0 Å². The standard InChI is InChI=1S/C29H34N4O4S2/c1-18-10-8-9-13-21(18)15-30-27(36)25-29(3,4)39-17-33(25)28(37)24(34)22(14-20-11-6-5-7-12-20)32-26(35)23-16-38-19(2)31-23/h5-13,16,22,24-25,34H,14-15,17H2,1-4H3,(H,30,36)(H,32,35). The molecule has 1 aliphatic heterocycles. The van der Waals surface area contributed by atoms with Crippen molar-refractivity contribution in [3.05, 3.63) is 87.4 Å². The maximum atomic E-state index is 13.7. The number of aliphatic hydroxyl groups is 1. The van der Waals surface area contributed by atoms with E-state index in [1.807, 2.05) is 75.4 Å². The van der Waals surface area contributed by atoms with Crippen molar-refractivity contribution in [2.24, 2.45) is 0 Å². The predicted molar refractivity (Wildman–Crippen MR) is 154 cm³/mol. The summed E-state index contributed by atoms with van der Waals surface area (Å²) in [5.74, 6) is -1.09. The SMILES string of the molecule is Cc1nc(C(=O)NC(Cc2ccccc2)C(O)C(=O)N2CSC(C)(C)C2C(=O)NCc2ccccc2C)cs1. The van der Waals surface area contributed by atoms with E-state index in [0.29, 0.717) is 6.54 Å². The first-order valence-electron chi connectivity index (χ1n) is 12.8. The van der Waals surface area contributed by atoms with Gasteiger partial charge < -0.3 is 20.6 Å². The number of carbonyl (C=O) groups is 3. The monoisotopic (exact) mass is 566 g/mol. The van der Waals surface area contributed by atoms with E-state index in [0.717, 1.165) is 21.7 Å². The number of aromatic nitrogens is 1. The first-order chi connectivity index (χ1) is 18.6. The highest BCUT2D eigenvalue weighted by Crippen LogP contribution is 2.40. The first kappa shape index (κ1) is 28.8. The van der Waals surface area contributed by atoms with E-state index in [-0.39, 0.29) is 23.9 Å². The summed E-state index contributed by atoms with van der Waals surface area (Å²) in [7, 11) is 0. The van der Waals surface area contributed by atoms with Crippen LogP contribution < -0.4 is 10.6 Å². The number of hydrogen-bond donors (Lipinski definition) is 3. The number of thioether (sulfide) groups is 1. The van der Waals surface area contributed by atoms with Gasteiger partial charge >= 0.3 is 0 Å². The highest BCUT2D eigenvalue weighted by atomic mass is 32.2. The average Bonchev–Trinajstić information content (AvgIpc) is 3.49. The Labute approximate surface area is 237 Å². The molecule has 2 heterocycles. The predicted octanol–water partition coefficient (Wildman–Crippen LogP) is 3.46. The van der Waals surface area contributed by atoms with Gasteiger partial charge in [-0.15, -0.1) is 23.1 Å². The zero-order chi connectivity index (χ0) is 28.2. The summed E-state index contributed by atoms with van der Waals surface area (Å²) < 4.78 is -0.568. The van der Waals surface area contributed by atoms with Crippen LogP contribution in [0.2, 0.25) is 0 Å². The highest BCUT2D eigenvalue weighted by Gasteiger charge is 2.49. The van der Waals surface area contributed by atoms with Gasteiger partial charge in [0.05, 0.1) is 16.9 Å². The third-order valence-electron chi connectivity index (χ3n) is 6.89. The fourth-order valence-corrected chi connectivity index (χ4v) is 6.40. The molecular weight excluding hydrogens is 532 g/mol. The number of aliphatic hydroxyl groups excluding tert-OH is 1. The molecule has 3 amide bonds. The number of nitrogens with one attached hydrogen (secondary N) is 2. The molecule has 39 heavy (non-hydrogen) atoms. The number of nitrogens with zero attached hydrogens (tertiary/aromatic N) is 2. The Morgan fingerprint density at radius 2 is 1.79 bits per heavy atom. The van der Waals surface area contributed by atoms with Crippen molar-refractivity contribution in [3.63, 3.8) is 0 Å². The normalized spacial score (nSPS) is 17.9. The van der Waals surface area contributed by atoms with E-state index < -0.39 is 34.7 Å². The molecule has 1 saturated heterocycles. The molecule has 8 nitrogen and oxygen atoms in total. The summed E-state index contributed by atoms with van der Waals surface area (Å²) in [5.41, 5.74) is 3.15. The molecule has 2 aromatic carbocycles. The quantitative estimate of drug-likeness (QED) is 0.366. The number of rotatable bonds is 9. The molecule has 1 aliphatic rings. The van der Waals surface area contributed by atoms with Crippen LogP contribution in [0.3, 0.4) is 0 Å². The van der Waals surface area contributed by atoms with Crippen molar-refractivity contribution in [1.29, 1.82) is 0 Å². The van der Waals surface area contributed by atoms with Gasteiger partial charge in [-0.3, -0.25) is 14.4 Å². The molecule has 4 rings (SSSR count). The zero-order valence-corrected chi connectivity index (χ0v) is 24.1. The van der Waals surface area contributed by atoms with Gasteiger partial charge in [-0.05, 0) is 50.8 Å². The van der Waals surface area contributed by atoms with E-state index in [1.54, 1.807) is 12.3 Å². The lowest BCUT2D eigenvalue weighted by molar-refractivity contribution is -0.147. The van der Waals surface area contributed by atoms with E-state index >= 15 is 0 Å². The van der Waals surface area contributed by atoms with Crippen molar-refractivity contribution >= 4 is 40.8 Å². The fraction of sp³-hybridized carbons (Fsp3) is 0.379.